The number of rotatable bonds is 4. The Labute approximate surface area is 135 Å². The predicted octanol–water partition coefficient (Wildman–Crippen LogP) is 0.664. The molecule has 8 heteroatoms. The van der Waals surface area contributed by atoms with Crippen molar-refractivity contribution in [2.24, 2.45) is 0 Å². The average molecular weight is 337 g/mol. The number of nitrogens with zero attached hydrogens (tertiary/aromatic N) is 2. The van der Waals surface area contributed by atoms with Gasteiger partial charge in [-0.05, 0) is 30.3 Å². The normalized spacial score (nSPS) is 16.0. The largest absolute Gasteiger partial charge is 0.340 e. The molecule has 1 aliphatic rings. The van der Waals surface area contributed by atoms with Crippen LogP contribution in [-0.4, -0.2) is 55.6 Å². The highest BCUT2D eigenvalue weighted by Gasteiger charge is 2.29. The molecule has 1 aliphatic heterocycles. The molecule has 0 radical (unpaired) electrons. The fourth-order valence-corrected chi connectivity index (χ4v) is 3.72. The summed E-state index contributed by atoms with van der Waals surface area (Å²) in [5, 5.41) is 2.56. The van der Waals surface area contributed by atoms with Gasteiger partial charge in [0.05, 0.1) is 4.90 Å². The van der Waals surface area contributed by atoms with Crippen LogP contribution in [0.3, 0.4) is 0 Å². The van der Waals surface area contributed by atoms with Crippen LogP contribution in [-0.2, 0) is 19.6 Å². The minimum atomic E-state index is -3.60. The standard InChI is InChI=1S/C15H19N3O4S/c1-3-15(20)16-13-4-6-14(7-5-13)23(21,22)18-10-8-17(9-11-18)12(2)19/h3-7H,1,8-11H2,2H3,(H,16,20). The summed E-state index contributed by atoms with van der Waals surface area (Å²) >= 11 is 0. The fourth-order valence-electron chi connectivity index (χ4n) is 2.30. The summed E-state index contributed by atoms with van der Waals surface area (Å²) in [4.78, 5) is 24.3. The van der Waals surface area contributed by atoms with E-state index in [1.165, 1.54) is 35.5 Å². The van der Waals surface area contributed by atoms with Crippen LogP contribution in [0.15, 0.2) is 41.8 Å². The quantitative estimate of drug-likeness (QED) is 0.818. The van der Waals surface area contributed by atoms with Crippen molar-refractivity contribution in [3.05, 3.63) is 36.9 Å². The lowest BCUT2D eigenvalue weighted by Gasteiger charge is -2.33. The third-order valence-electron chi connectivity index (χ3n) is 3.63. The van der Waals surface area contributed by atoms with E-state index in [2.05, 4.69) is 11.9 Å². The molecule has 2 amide bonds. The van der Waals surface area contributed by atoms with Crippen LogP contribution in [0.25, 0.3) is 0 Å². The monoisotopic (exact) mass is 337 g/mol. The summed E-state index contributed by atoms with van der Waals surface area (Å²) in [7, 11) is -3.60. The first-order valence-electron chi connectivity index (χ1n) is 7.14. The molecule has 1 aromatic rings. The van der Waals surface area contributed by atoms with Crippen LogP contribution in [0, 0.1) is 0 Å². The van der Waals surface area contributed by atoms with E-state index in [1.54, 1.807) is 4.90 Å². The second-order valence-corrected chi connectivity index (χ2v) is 7.07. The topological polar surface area (TPSA) is 86.8 Å². The van der Waals surface area contributed by atoms with Gasteiger partial charge in [0.2, 0.25) is 21.8 Å². The lowest BCUT2D eigenvalue weighted by Crippen LogP contribution is -2.49. The van der Waals surface area contributed by atoms with Crippen molar-refractivity contribution in [3.63, 3.8) is 0 Å². The molecule has 1 fully saturated rings. The maximum absolute atomic E-state index is 12.6. The Morgan fingerprint density at radius 3 is 2.17 bits per heavy atom. The van der Waals surface area contributed by atoms with Crippen molar-refractivity contribution in [2.75, 3.05) is 31.5 Å². The molecule has 1 aromatic carbocycles. The number of anilines is 1. The molecule has 0 aliphatic carbocycles. The lowest BCUT2D eigenvalue weighted by atomic mass is 10.3. The van der Waals surface area contributed by atoms with Crippen LogP contribution in [0.2, 0.25) is 0 Å². The Morgan fingerprint density at radius 1 is 1.13 bits per heavy atom. The van der Waals surface area contributed by atoms with Crippen molar-refractivity contribution >= 4 is 27.5 Å². The molecule has 0 aromatic heterocycles. The van der Waals surface area contributed by atoms with Gasteiger partial charge in [-0.2, -0.15) is 4.31 Å². The molecule has 23 heavy (non-hydrogen) atoms. The van der Waals surface area contributed by atoms with Crippen molar-refractivity contribution in [1.82, 2.24) is 9.21 Å². The van der Waals surface area contributed by atoms with Crippen LogP contribution in [0.5, 0.6) is 0 Å². The Bertz CT molecular complexity index is 705. The molecule has 0 unspecified atom stereocenters. The van der Waals surface area contributed by atoms with Gasteiger partial charge >= 0.3 is 0 Å². The zero-order chi connectivity index (χ0) is 17.0. The molecule has 0 spiro atoms. The lowest BCUT2D eigenvalue weighted by molar-refractivity contribution is -0.130. The summed E-state index contributed by atoms with van der Waals surface area (Å²) in [5.41, 5.74) is 0.496. The fraction of sp³-hybridized carbons (Fsp3) is 0.333. The molecule has 1 heterocycles. The number of amides is 2. The van der Waals surface area contributed by atoms with Crippen LogP contribution in [0.1, 0.15) is 6.92 Å². The second kappa shape index (κ2) is 6.93. The van der Waals surface area contributed by atoms with Crippen molar-refractivity contribution in [2.45, 2.75) is 11.8 Å². The van der Waals surface area contributed by atoms with Gasteiger partial charge in [0.15, 0.2) is 0 Å². The first-order chi connectivity index (χ1) is 10.8. The number of sulfonamides is 1. The third kappa shape index (κ3) is 3.96. The number of hydrogen-bond donors (Lipinski definition) is 1. The molecule has 2 rings (SSSR count). The predicted molar refractivity (Wildman–Crippen MR) is 86.3 cm³/mol. The van der Waals surface area contributed by atoms with Crippen LogP contribution >= 0.6 is 0 Å². The first kappa shape index (κ1) is 17.2. The van der Waals surface area contributed by atoms with Gasteiger partial charge < -0.3 is 10.2 Å². The summed E-state index contributed by atoms with van der Waals surface area (Å²) < 4.78 is 26.5. The molecule has 0 atom stereocenters. The highest BCUT2D eigenvalue weighted by molar-refractivity contribution is 7.89. The molecular weight excluding hydrogens is 318 g/mol. The minimum absolute atomic E-state index is 0.0515. The van der Waals surface area contributed by atoms with E-state index in [0.29, 0.717) is 18.8 Å². The van der Waals surface area contributed by atoms with Crippen molar-refractivity contribution in [1.29, 1.82) is 0 Å². The van der Waals surface area contributed by atoms with Crippen LogP contribution < -0.4 is 5.32 Å². The Balaban J connectivity index is 2.09. The maximum Gasteiger partial charge on any atom is 0.247 e. The molecule has 124 valence electrons. The zero-order valence-electron chi connectivity index (χ0n) is 12.9. The van der Waals surface area contributed by atoms with E-state index >= 15 is 0 Å². The molecule has 1 N–H and O–H groups in total. The van der Waals surface area contributed by atoms with Crippen molar-refractivity contribution < 1.29 is 18.0 Å². The van der Waals surface area contributed by atoms with Gasteiger partial charge in [-0.25, -0.2) is 8.42 Å². The van der Waals surface area contributed by atoms with Gasteiger partial charge in [-0.3, -0.25) is 9.59 Å². The Morgan fingerprint density at radius 2 is 1.70 bits per heavy atom. The van der Waals surface area contributed by atoms with E-state index in [1.807, 2.05) is 0 Å². The van der Waals surface area contributed by atoms with Crippen LogP contribution in [0.4, 0.5) is 5.69 Å². The second-order valence-electron chi connectivity index (χ2n) is 5.13. The number of piperazine rings is 1. The Hall–Kier alpha value is -2.19. The summed E-state index contributed by atoms with van der Waals surface area (Å²) in [6, 6.07) is 5.96. The molecular formula is C15H19N3O4S. The number of hydrogen-bond acceptors (Lipinski definition) is 4. The zero-order valence-corrected chi connectivity index (χ0v) is 13.7. The number of carbonyl (C=O) groups is 2. The number of carbonyl (C=O) groups excluding carboxylic acids is 2. The molecule has 0 saturated carbocycles. The third-order valence-corrected chi connectivity index (χ3v) is 5.54. The van der Waals surface area contributed by atoms with E-state index in [4.69, 9.17) is 0 Å². The number of benzene rings is 1. The molecule has 1 saturated heterocycles. The van der Waals surface area contributed by atoms with E-state index in [0.717, 1.165) is 6.08 Å². The van der Waals surface area contributed by atoms with E-state index in [-0.39, 0.29) is 29.8 Å². The summed E-state index contributed by atoms with van der Waals surface area (Å²) in [6.45, 7) is 6.15. The molecule has 7 nitrogen and oxygen atoms in total. The van der Waals surface area contributed by atoms with Gasteiger partial charge in [0, 0.05) is 38.8 Å². The Kier molecular flexibility index (Phi) is 5.17. The van der Waals surface area contributed by atoms with E-state index in [9.17, 15) is 18.0 Å². The highest BCUT2D eigenvalue weighted by Crippen LogP contribution is 2.20. The maximum atomic E-state index is 12.6. The van der Waals surface area contributed by atoms with Gasteiger partial charge in [-0.1, -0.05) is 6.58 Å². The average Bonchev–Trinajstić information content (AvgIpc) is 2.55. The summed E-state index contributed by atoms with van der Waals surface area (Å²) in [5.74, 6) is -0.412. The molecule has 0 bridgehead atoms. The number of nitrogens with one attached hydrogen (secondary N) is 1. The van der Waals surface area contributed by atoms with E-state index < -0.39 is 10.0 Å². The highest BCUT2D eigenvalue weighted by atomic mass is 32.2. The van der Waals surface area contributed by atoms with Crippen molar-refractivity contribution in [3.8, 4) is 0 Å². The SMILES string of the molecule is C=CC(=O)Nc1ccc(S(=O)(=O)N2CCN(C(C)=O)CC2)cc1. The summed E-state index contributed by atoms with van der Waals surface area (Å²) in [6.07, 6.45) is 1.14. The van der Waals surface area contributed by atoms with Gasteiger partial charge in [0.25, 0.3) is 0 Å². The first-order valence-corrected chi connectivity index (χ1v) is 8.58. The minimum Gasteiger partial charge on any atom is -0.340 e. The van der Waals surface area contributed by atoms with Gasteiger partial charge in [0.1, 0.15) is 0 Å². The van der Waals surface area contributed by atoms with Gasteiger partial charge in [-0.15, -0.1) is 0 Å². The smallest absolute Gasteiger partial charge is 0.247 e.